The maximum atomic E-state index is 11.6. The first-order chi connectivity index (χ1) is 12.0. The van der Waals surface area contributed by atoms with Gasteiger partial charge in [-0.2, -0.15) is 0 Å². The van der Waals surface area contributed by atoms with E-state index in [1.807, 2.05) is 6.07 Å². The summed E-state index contributed by atoms with van der Waals surface area (Å²) in [5.41, 5.74) is 0.800. The van der Waals surface area contributed by atoms with Crippen LogP contribution in [0.15, 0.2) is 42.5 Å². The Kier molecular flexibility index (Phi) is 7.09. The summed E-state index contributed by atoms with van der Waals surface area (Å²) >= 11 is 5.57. The molecule has 25 heavy (non-hydrogen) atoms. The fourth-order valence-corrected chi connectivity index (χ4v) is 2.64. The van der Waals surface area contributed by atoms with Crippen molar-refractivity contribution >= 4 is 39.1 Å². The van der Waals surface area contributed by atoms with Crippen molar-refractivity contribution in [1.82, 2.24) is 0 Å². The number of halogens is 1. The van der Waals surface area contributed by atoms with E-state index in [-0.39, 0.29) is 17.0 Å². The second kappa shape index (κ2) is 9.29. The maximum Gasteiger partial charge on any atom is 0.252 e. The number of ether oxygens (including phenoxy) is 1. The zero-order valence-corrected chi connectivity index (χ0v) is 15.3. The van der Waals surface area contributed by atoms with Gasteiger partial charge in [-0.1, -0.05) is 31.5 Å². The van der Waals surface area contributed by atoms with Crippen LogP contribution in [0.5, 0.6) is 11.5 Å². The molecule has 2 aromatic rings. The summed E-state index contributed by atoms with van der Waals surface area (Å²) in [7, 11) is -2.94. The topological polar surface area (TPSA) is 84.5 Å². The maximum absolute atomic E-state index is 11.6. The van der Waals surface area contributed by atoms with Gasteiger partial charge in [0.05, 0.1) is 11.4 Å². The lowest BCUT2D eigenvalue weighted by Crippen LogP contribution is -2.07. The Labute approximate surface area is 153 Å². The lowest BCUT2D eigenvalue weighted by atomic mass is 10.1. The SMILES string of the molecule is CCCCNc1cc(C(=O)Cl)cc(N[SH](=O)=O)c1Oc1ccccc1. The van der Waals surface area contributed by atoms with Gasteiger partial charge in [-0.3, -0.25) is 9.52 Å². The molecule has 2 N–H and O–H groups in total. The minimum atomic E-state index is -2.94. The third-order valence-corrected chi connectivity index (χ3v) is 3.98. The lowest BCUT2D eigenvalue weighted by Gasteiger charge is -2.17. The molecular weight excluding hydrogens is 364 g/mol. The van der Waals surface area contributed by atoms with E-state index >= 15 is 0 Å². The fraction of sp³-hybridized carbons (Fsp3) is 0.235. The van der Waals surface area contributed by atoms with E-state index < -0.39 is 16.1 Å². The first kappa shape index (κ1) is 19.1. The van der Waals surface area contributed by atoms with E-state index in [9.17, 15) is 13.2 Å². The number of nitrogens with one attached hydrogen (secondary N) is 2. The molecular formula is C17H19ClN2O4S. The molecule has 0 aromatic heterocycles. The second-order valence-electron chi connectivity index (χ2n) is 5.24. The Morgan fingerprint density at radius 3 is 2.44 bits per heavy atom. The molecule has 0 atom stereocenters. The normalized spacial score (nSPS) is 10.5. The van der Waals surface area contributed by atoms with Gasteiger partial charge in [0, 0.05) is 12.1 Å². The number of rotatable bonds is 9. The van der Waals surface area contributed by atoms with Crippen LogP contribution in [0.1, 0.15) is 30.1 Å². The average Bonchev–Trinajstić information content (AvgIpc) is 2.57. The standard InChI is InChI=1S/C17H19ClN2O4S/c1-2-3-9-19-14-10-12(17(18)21)11-15(20-25(22)23)16(14)24-13-7-5-4-6-8-13/h4-8,10-11,19,25H,2-3,9H2,1H3,(H,20,22,23). The van der Waals surface area contributed by atoms with Gasteiger partial charge in [-0.05, 0) is 42.3 Å². The molecule has 0 spiro atoms. The highest BCUT2D eigenvalue weighted by molar-refractivity contribution is 7.73. The lowest BCUT2D eigenvalue weighted by molar-refractivity contribution is 0.108. The van der Waals surface area contributed by atoms with Crippen LogP contribution < -0.4 is 14.8 Å². The molecule has 0 radical (unpaired) electrons. The average molecular weight is 383 g/mol. The van der Waals surface area contributed by atoms with Gasteiger partial charge in [0.25, 0.3) is 5.24 Å². The summed E-state index contributed by atoms with van der Waals surface area (Å²) in [5, 5.41) is 2.48. The molecule has 0 aliphatic carbocycles. The molecule has 0 aliphatic rings. The number of anilines is 2. The Morgan fingerprint density at radius 2 is 1.84 bits per heavy atom. The van der Waals surface area contributed by atoms with Gasteiger partial charge < -0.3 is 10.1 Å². The monoisotopic (exact) mass is 382 g/mol. The molecule has 2 rings (SSSR count). The third-order valence-electron chi connectivity index (χ3n) is 3.34. The van der Waals surface area contributed by atoms with E-state index in [0.717, 1.165) is 12.8 Å². The van der Waals surface area contributed by atoms with Gasteiger partial charge in [0.15, 0.2) is 5.75 Å². The van der Waals surface area contributed by atoms with Gasteiger partial charge in [-0.15, -0.1) is 0 Å². The fourth-order valence-electron chi connectivity index (χ4n) is 2.17. The predicted molar refractivity (Wildman–Crippen MR) is 100 cm³/mol. The number of hydrogen-bond donors (Lipinski definition) is 3. The van der Waals surface area contributed by atoms with Crippen LogP contribution in [-0.2, 0) is 10.9 Å². The van der Waals surface area contributed by atoms with Crippen LogP contribution in [0, 0.1) is 0 Å². The second-order valence-corrected chi connectivity index (χ2v) is 6.32. The van der Waals surface area contributed by atoms with Crippen molar-refractivity contribution in [2.24, 2.45) is 0 Å². The molecule has 0 saturated carbocycles. The Bertz CT molecular complexity index is 802. The Hall–Kier alpha value is -2.25. The summed E-state index contributed by atoms with van der Waals surface area (Å²) in [6.07, 6.45) is 1.88. The van der Waals surface area contributed by atoms with Crippen LogP contribution in [0.3, 0.4) is 0 Å². The van der Waals surface area contributed by atoms with Gasteiger partial charge in [0.2, 0.25) is 10.9 Å². The van der Waals surface area contributed by atoms with Crippen molar-refractivity contribution in [3.05, 3.63) is 48.0 Å². The van der Waals surface area contributed by atoms with E-state index in [2.05, 4.69) is 17.0 Å². The van der Waals surface area contributed by atoms with E-state index in [4.69, 9.17) is 16.3 Å². The van der Waals surface area contributed by atoms with Crippen molar-refractivity contribution in [2.45, 2.75) is 19.8 Å². The molecule has 0 aliphatic heterocycles. The van der Waals surface area contributed by atoms with Gasteiger partial charge >= 0.3 is 0 Å². The van der Waals surface area contributed by atoms with Crippen LogP contribution in [0.2, 0.25) is 0 Å². The number of unbranched alkanes of at least 4 members (excludes halogenated alkanes) is 1. The number of carbonyl (C=O) groups is 1. The molecule has 0 bridgehead atoms. The van der Waals surface area contributed by atoms with Crippen molar-refractivity contribution in [3.63, 3.8) is 0 Å². The number of para-hydroxylation sites is 1. The van der Waals surface area contributed by atoms with Crippen LogP contribution in [0.4, 0.5) is 11.4 Å². The van der Waals surface area contributed by atoms with E-state index in [1.165, 1.54) is 6.07 Å². The van der Waals surface area contributed by atoms with Crippen molar-refractivity contribution < 1.29 is 17.9 Å². The Balaban J connectivity index is 2.50. The number of benzene rings is 2. The first-order valence-corrected chi connectivity index (χ1v) is 9.32. The zero-order chi connectivity index (χ0) is 18.2. The summed E-state index contributed by atoms with van der Waals surface area (Å²) in [5.74, 6) is 0.818. The highest BCUT2D eigenvalue weighted by atomic mass is 35.5. The van der Waals surface area contributed by atoms with E-state index in [0.29, 0.717) is 18.0 Å². The van der Waals surface area contributed by atoms with Crippen LogP contribution in [-0.4, -0.2) is 20.2 Å². The summed E-state index contributed by atoms with van der Waals surface area (Å²) < 4.78 is 30.5. The van der Waals surface area contributed by atoms with Crippen molar-refractivity contribution in [1.29, 1.82) is 0 Å². The van der Waals surface area contributed by atoms with Gasteiger partial charge in [0.1, 0.15) is 5.75 Å². The molecule has 8 heteroatoms. The number of hydrogen-bond acceptors (Lipinski definition) is 5. The minimum Gasteiger partial charge on any atom is -0.453 e. The number of thiol groups is 1. The molecule has 0 fully saturated rings. The minimum absolute atomic E-state index is 0.144. The summed E-state index contributed by atoms with van der Waals surface area (Å²) in [4.78, 5) is 11.6. The van der Waals surface area contributed by atoms with Crippen molar-refractivity contribution in [2.75, 3.05) is 16.6 Å². The molecule has 0 unspecified atom stereocenters. The van der Waals surface area contributed by atoms with Crippen LogP contribution in [0.25, 0.3) is 0 Å². The van der Waals surface area contributed by atoms with Crippen LogP contribution >= 0.6 is 11.6 Å². The summed E-state index contributed by atoms with van der Waals surface area (Å²) in [6, 6.07) is 11.8. The highest BCUT2D eigenvalue weighted by Gasteiger charge is 2.16. The molecule has 0 saturated heterocycles. The molecule has 6 nitrogen and oxygen atoms in total. The molecule has 0 amide bonds. The summed E-state index contributed by atoms with van der Waals surface area (Å²) in [6.45, 7) is 2.70. The molecule has 0 heterocycles. The first-order valence-electron chi connectivity index (χ1n) is 7.77. The highest BCUT2D eigenvalue weighted by Crippen LogP contribution is 2.39. The largest absolute Gasteiger partial charge is 0.453 e. The number of carbonyl (C=O) groups excluding carboxylic acids is 1. The third kappa shape index (κ3) is 5.65. The van der Waals surface area contributed by atoms with Gasteiger partial charge in [-0.25, -0.2) is 8.42 Å². The Morgan fingerprint density at radius 1 is 1.16 bits per heavy atom. The van der Waals surface area contributed by atoms with E-state index in [1.54, 1.807) is 30.3 Å². The van der Waals surface area contributed by atoms with Crippen molar-refractivity contribution in [3.8, 4) is 11.5 Å². The molecule has 134 valence electrons. The molecule has 2 aromatic carbocycles. The zero-order valence-electron chi connectivity index (χ0n) is 13.6. The predicted octanol–water partition coefficient (Wildman–Crippen LogP) is 4.01. The quantitative estimate of drug-likeness (QED) is 0.346. The smallest absolute Gasteiger partial charge is 0.252 e.